The summed E-state index contributed by atoms with van der Waals surface area (Å²) >= 11 is 0. The van der Waals surface area contributed by atoms with Crippen LogP contribution in [0.25, 0.3) is 0 Å². The largest absolute Gasteiger partial charge is 0.245 e. The Morgan fingerprint density at radius 3 is 2.88 bits per heavy atom. The van der Waals surface area contributed by atoms with E-state index in [9.17, 15) is 0 Å². The minimum atomic E-state index is 1.50. The van der Waals surface area contributed by atoms with Gasteiger partial charge in [0, 0.05) is 12.4 Å². The zero-order valence-corrected chi connectivity index (χ0v) is 4.36. The maximum absolute atomic E-state index is 3.78. The number of nitrogens with zero attached hydrogens (tertiary/aromatic N) is 2. The smallest absolute Gasteiger partial charge is 0.115 e. The molecule has 0 radical (unpaired) electrons. The van der Waals surface area contributed by atoms with Crippen LogP contribution in [0.2, 0.25) is 0 Å². The highest BCUT2D eigenvalue weighted by molar-refractivity contribution is 5.80. The van der Waals surface area contributed by atoms with Crippen LogP contribution in [0.1, 0.15) is 0 Å². The third kappa shape index (κ3) is 1.51. The summed E-state index contributed by atoms with van der Waals surface area (Å²) < 4.78 is 0. The normalized spacial score (nSPS) is 20.0. The van der Waals surface area contributed by atoms with Crippen LogP contribution in [0, 0.1) is 0 Å². The number of rotatable bonds is 0. The van der Waals surface area contributed by atoms with Gasteiger partial charge >= 0.3 is 0 Å². The van der Waals surface area contributed by atoms with Crippen molar-refractivity contribution in [3.8, 4) is 0 Å². The second-order valence-electron chi connectivity index (χ2n) is 1.29. The molecule has 0 spiro atoms. The average Bonchev–Trinajstić information content (AvgIpc) is 1.62. The first kappa shape index (κ1) is 4.97. The Labute approximate surface area is 48.0 Å². The fraction of sp³-hybridized carbons (Fsp3) is 0. The van der Waals surface area contributed by atoms with Gasteiger partial charge in [-0.05, 0) is 12.2 Å². The van der Waals surface area contributed by atoms with Crippen molar-refractivity contribution in [2.75, 3.05) is 0 Å². The van der Waals surface area contributed by atoms with Gasteiger partial charge in [-0.3, -0.25) is 0 Å². The van der Waals surface area contributed by atoms with Gasteiger partial charge in [0.25, 0.3) is 0 Å². The molecule has 0 amide bonds. The third-order valence-electron chi connectivity index (χ3n) is 0.700. The Bertz CT molecular complexity index is 107. The minimum absolute atomic E-state index is 1.50. The van der Waals surface area contributed by atoms with Crippen molar-refractivity contribution in [3.05, 3.63) is 24.4 Å². The van der Waals surface area contributed by atoms with Crippen LogP contribution in [-0.4, -0.2) is 12.6 Å². The molecule has 0 atom stereocenters. The van der Waals surface area contributed by atoms with Crippen LogP contribution in [0.15, 0.2) is 34.4 Å². The first-order chi connectivity index (χ1) is 4.00. The highest BCUT2D eigenvalue weighted by Gasteiger charge is 1.66. The van der Waals surface area contributed by atoms with E-state index < -0.39 is 0 Å². The van der Waals surface area contributed by atoms with Crippen LogP contribution >= 0.6 is 0 Å². The van der Waals surface area contributed by atoms with Crippen LogP contribution < -0.4 is 0 Å². The van der Waals surface area contributed by atoms with E-state index >= 15 is 0 Å². The van der Waals surface area contributed by atoms with Crippen molar-refractivity contribution in [3.63, 3.8) is 0 Å². The molecule has 1 rings (SSSR count). The number of allylic oxidation sites excluding steroid dienone is 3. The van der Waals surface area contributed by atoms with Gasteiger partial charge in [0.05, 0.1) is 0 Å². The van der Waals surface area contributed by atoms with Gasteiger partial charge in [-0.2, -0.15) is 0 Å². The summed E-state index contributed by atoms with van der Waals surface area (Å²) in [6, 6.07) is 0. The predicted molar refractivity (Wildman–Crippen MR) is 35.3 cm³/mol. The van der Waals surface area contributed by atoms with Crippen molar-refractivity contribution >= 4 is 12.6 Å². The molecule has 0 fully saturated rings. The Kier molecular flexibility index (Phi) is 1.80. The van der Waals surface area contributed by atoms with Crippen molar-refractivity contribution in [1.82, 2.24) is 0 Å². The van der Waals surface area contributed by atoms with Crippen LogP contribution in [0.3, 0.4) is 0 Å². The van der Waals surface area contributed by atoms with Crippen LogP contribution in [0.5, 0.6) is 0 Å². The molecule has 0 saturated heterocycles. The molecule has 0 aliphatic carbocycles. The van der Waals surface area contributed by atoms with E-state index in [1.807, 2.05) is 18.2 Å². The van der Waals surface area contributed by atoms with E-state index in [1.165, 1.54) is 6.34 Å². The summed E-state index contributed by atoms with van der Waals surface area (Å²) in [4.78, 5) is 7.55. The molecule has 0 aromatic heterocycles. The molecule has 0 saturated carbocycles. The SMILES string of the molecule is C1=CN=CN=C/C=C\1. The second kappa shape index (κ2) is 2.91. The predicted octanol–water partition coefficient (Wildman–Crippen LogP) is 1.17. The minimum Gasteiger partial charge on any atom is -0.245 e. The van der Waals surface area contributed by atoms with E-state index in [-0.39, 0.29) is 0 Å². The highest BCUT2D eigenvalue weighted by atomic mass is 14.8. The molecule has 0 aromatic rings. The summed E-state index contributed by atoms with van der Waals surface area (Å²) in [5, 5.41) is 0. The maximum atomic E-state index is 3.78. The van der Waals surface area contributed by atoms with Gasteiger partial charge in [-0.1, -0.05) is 6.08 Å². The standard InChI is InChI=1S/C6H6N2/c1-2-4-7-6-8-5-3-1/h1-6H/b2-1-,3-1?,4-2?,5-3?,7-4?,7-6?,8-5?,8-6?. The Morgan fingerprint density at radius 1 is 0.875 bits per heavy atom. The molecule has 8 heavy (non-hydrogen) atoms. The molecule has 40 valence electrons. The molecule has 1 aliphatic rings. The van der Waals surface area contributed by atoms with Crippen molar-refractivity contribution < 1.29 is 0 Å². The van der Waals surface area contributed by atoms with Crippen LogP contribution in [0.4, 0.5) is 0 Å². The molecular weight excluding hydrogens is 100 g/mol. The lowest BCUT2D eigenvalue weighted by Gasteiger charge is -1.77. The van der Waals surface area contributed by atoms with Gasteiger partial charge < -0.3 is 0 Å². The molecule has 2 nitrogen and oxygen atoms in total. The van der Waals surface area contributed by atoms with E-state index in [0.29, 0.717) is 0 Å². The van der Waals surface area contributed by atoms with Crippen molar-refractivity contribution in [2.24, 2.45) is 9.98 Å². The maximum Gasteiger partial charge on any atom is 0.115 e. The highest BCUT2D eigenvalue weighted by Crippen LogP contribution is 1.79. The summed E-state index contributed by atoms with van der Waals surface area (Å²) in [6.07, 6.45) is 10.4. The lowest BCUT2D eigenvalue weighted by Crippen LogP contribution is -1.69. The number of aliphatic imine (C=N–C) groups is 2. The quantitative estimate of drug-likeness (QED) is 0.443. The molecule has 2 heteroatoms. The molecule has 0 N–H and O–H groups in total. The van der Waals surface area contributed by atoms with Crippen molar-refractivity contribution in [1.29, 1.82) is 0 Å². The van der Waals surface area contributed by atoms with Gasteiger partial charge in [0.1, 0.15) is 6.34 Å². The summed E-state index contributed by atoms with van der Waals surface area (Å²) in [5.74, 6) is 0. The zero-order valence-electron chi connectivity index (χ0n) is 4.36. The Morgan fingerprint density at radius 2 is 1.88 bits per heavy atom. The fourth-order valence-corrected chi connectivity index (χ4v) is 0.378. The van der Waals surface area contributed by atoms with Gasteiger partial charge in [-0.25, -0.2) is 9.98 Å². The molecule has 1 heterocycles. The third-order valence-corrected chi connectivity index (χ3v) is 0.700. The first-order valence-corrected chi connectivity index (χ1v) is 2.37. The molecule has 0 aromatic carbocycles. The summed E-state index contributed by atoms with van der Waals surface area (Å²) in [6.45, 7) is 0. The molecule has 0 unspecified atom stereocenters. The van der Waals surface area contributed by atoms with E-state index in [2.05, 4.69) is 9.98 Å². The number of hydrogen-bond donors (Lipinski definition) is 0. The lowest BCUT2D eigenvalue weighted by molar-refractivity contribution is 1.54. The summed E-state index contributed by atoms with van der Waals surface area (Å²) in [5.41, 5.74) is 0. The fourth-order valence-electron chi connectivity index (χ4n) is 0.378. The van der Waals surface area contributed by atoms with E-state index in [1.54, 1.807) is 12.4 Å². The van der Waals surface area contributed by atoms with E-state index in [4.69, 9.17) is 0 Å². The van der Waals surface area contributed by atoms with Gasteiger partial charge in [-0.15, -0.1) is 0 Å². The number of hydrogen-bond acceptors (Lipinski definition) is 2. The molecule has 1 aliphatic heterocycles. The Balaban J connectivity index is 2.67. The van der Waals surface area contributed by atoms with Crippen molar-refractivity contribution in [2.45, 2.75) is 0 Å². The first-order valence-electron chi connectivity index (χ1n) is 2.37. The van der Waals surface area contributed by atoms with Gasteiger partial charge in [0.2, 0.25) is 0 Å². The van der Waals surface area contributed by atoms with Gasteiger partial charge in [0.15, 0.2) is 0 Å². The summed E-state index contributed by atoms with van der Waals surface area (Å²) in [7, 11) is 0. The topological polar surface area (TPSA) is 24.7 Å². The zero-order chi connectivity index (χ0) is 5.66. The molecular formula is C6H6N2. The van der Waals surface area contributed by atoms with Crippen LogP contribution in [-0.2, 0) is 0 Å². The molecule has 0 bridgehead atoms. The monoisotopic (exact) mass is 106 g/mol. The van der Waals surface area contributed by atoms with E-state index in [0.717, 1.165) is 0 Å². The Hall–Kier alpha value is -1.18. The average molecular weight is 106 g/mol. The lowest BCUT2D eigenvalue weighted by atomic mass is 10.5. The second-order valence-corrected chi connectivity index (χ2v) is 1.29.